The number of rotatable bonds is 1. The van der Waals surface area contributed by atoms with Gasteiger partial charge < -0.3 is 0 Å². The second-order valence-electron chi connectivity index (χ2n) is 4.43. The predicted molar refractivity (Wildman–Crippen MR) is 72.2 cm³/mol. The average Bonchev–Trinajstić information content (AvgIpc) is 2.46. The van der Waals surface area contributed by atoms with Crippen LogP contribution in [0.25, 0.3) is 22.0 Å². The number of hydrogen-bond acceptors (Lipinski definition) is 1. The molecule has 0 spiro atoms. The van der Waals surface area contributed by atoms with E-state index in [1.54, 1.807) is 48.5 Å². The Kier molecular flexibility index (Phi) is 2.93. The molecule has 1 heterocycles. The summed E-state index contributed by atoms with van der Waals surface area (Å²) in [5.41, 5.74) is -0.246. The minimum absolute atomic E-state index is 0.0307. The highest BCUT2D eigenvalue weighted by Crippen LogP contribution is 2.40. The van der Waals surface area contributed by atoms with Crippen LogP contribution < -0.4 is 0 Å². The summed E-state index contributed by atoms with van der Waals surface area (Å²) < 4.78 is 40.3. The van der Waals surface area contributed by atoms with E-state index in [0.717, 1.165) is 0 Å². The molecule has 0 amide bonds. The van der Waals surface area contributed by atoms with E-state index in [1.807, 2.05) is 0 Å². The van der Waals surface area contributed by atoms with Crippen molar-refractivity contribution in [1.82, 2.24) is 4.98 Å². The van der Waals surface area contributed by atoms with Gasteiger partial charge >= 0.3 is 6.18 Å². The van der Waals surface area contributed by atoms with Crippen molar-refractivity contribution in [2.75, 3.05) is 0 Å². The standard InChI is InChI=1S/C16H10F3N/c17-16(18,19)14-13-9-5-4-8-12(13)10-20-15(14)11-6-2-1-3-7-11/h1-10H. The maximum absolute atomic E-state index is 13.4. The average molecular weight is 273 g/mol. The number of hydrogen-bond donors (Lipinski definition) is 0. The van der Waals surface area contributed by atoms with Gasteiger partial charge in [-0.25, -0.2) is 0 Å². The van der Waals surface area contributed by atoms with Gasteiger partial charge in [0.2, 0.25) is 0 Å². The molecule has 0 saturated carbocycles. The number of benzene rings is 2. The molecule has 3 aromatic rings. The number of halogens is 3. The smallest absolute Gasteiger partial charge is 0.255 e. The monoisotopic (exact) mass is 273 g/mol. The SMILES string of the molecule is FC(F)(F)c1c(-c2ccccc2)ncc2ccccc12. The molecule has 2 aromatic carbocycles. The summed E-state index contributed by atoms with van der Waals surface area (Å²) in [7, 11) is 0. The number of pyridine rings is 1. The lowest BCUT2D eigenvalue weighted by Crippen LogP contribution is -2.09. The lowest BCUT2D eigenvalue weighted by atomic mass is 9.99. The normalized spacial score (nSPS) is 11.8. The van der Waals surface area contributed by atoms with Crippen LogP contribution in [0.2, 0.25) is 0 Å². The van der Waals surface area contributed by atoms with E-state index in [4.69, 9.17) is 0 Å². The third-order valence-corrected chi connectivity index (χ3v) is 3.13. The van der Waals surface area contributed by atoms with Gasteiger partial charge in [-0.2, -0.15) is 13.2 Å². The van der Waals surface area contributed by atoms with Gasteiger partial charge in [-0.3, -0.25) is 4.98 Å². The third-order valence-electron chi connectivity index (χ3n) is 3.13. The van der Waals surface area contributed by atoms with Crippen molar-refractivity contribution in [1.29, 1.82) is 0 Å². The van der Waals surface area contributed by atoms with Crippen molar-refractivity contribution < 1.29 is 13.2 Å². The Morgan fingerprint density at radius 1 is 0.800 bits per heavy atom. The van der Waals surface area contributed by atoms with E-state index >= 15 is 0 Å². The molecule has 0 radical (unpaired) electrons. The highest BCUT2D eigenvalue weighted by molar-refractivity contribution is 5.90. The zero-order valence-corrected chi connectivity index (χ0v) is 10.4. The van der Waals surface area contributed by atoms with Crippen LogP contribution in [0.4, 0.5) is 13.2 Å². The van der Waals surface area contributed by atoms with Gasteiger partial charge in [-0.15, -0.1) is 0 Å². The summed E-state index contributed by atoms with van der Waals surface area (Å²) >= 11 is 0. The molecule has 0 unspecified atom stereocenters. The molecule has 0 N–H and O–H groups in total. The van der Waals surface area contributed by atoms with Gasteiger partial charge in [0.25, 0.3) is 0 Å². The Morgan fingerprint density at radius 2 is 1.45 bits per heavy atom. The molecule has 0 aliphatic rings. The van der Waals surface area contributed by atoms with Gasteiger partial charge in [0, 0.05) is 17.1 Å². The van der Waals surface area contributed by atoms with E-state index in [2.05, 4.69) is 4.98 Å². The predicted octanol–water partition coefficient (Wildman–Crippen LogP) is 4.92. The van der Waals surface area contributed by atoms with Crippen LogP contribution >= 0.6 is 0 Å². The zero-order valence-electron chi connectivity index (χ0n) is 10.4. The number of nitrogens with zero attached hydrogens (tertiary/aromatic N) is 1. The van der Waals surface area contributed by atoms with Crippen molar-refractivity contribution in [3.05, 3.63) is 66.4 Å². The molecule has 0 bridgehead atoms. The van der Waals surface area contributed by atoms with Crippen LogP contribution in [0, 0.1) is 0 Å². The molecule has 0 saturated heterocycles. The van der Waals surface area contributed by atoms with E-state index < -0.39 is 11.7 Å². The third kappa shape index (κ3) is 2.13. The number of alkyl halides is 3. The maximum atomic E-state index is 13.4. The lowest BCUT2D eigenvalue weighted by molar-refractivity contribution is -0.136. The molecular formula is C16H10F3N. The van der Waals surface area contributed by atoms with Gasteiger partial charge in [0.05, 0.1) is 11.3 Å². The Bertz CT molecular complexity index is 749. The Labute approximate surface area is 113 Å². The fourth-order valence-electron chi connectivity index (χ4n) is 2.27. The molecule has 20 heavy (non-hydrogen) atoms. The first-order chi connectivity index (χ1) is 9.57. The van der Waals surface area contributed by atoms with Crippen LogP contribution in [-0.2, 0) is 6.18 Å². The topological polar surface area (TPSA) is 12.9 Å². The highest BCUT2D eigenvalue weighted by atomic mass is 19.4. The fourth-order valence-corrected chi connectivity index (χ4v) is 2.27. The summed E-state index contributed by atoms with van der Waals surface area (Å²) in [6.07, 6.45) is -2.97. The molecule has 0 aliphatic heterocycles. The molecule has 0 atom stereocenters. The Hall–Kier alpha value is -2.36. The zero-order chi connectivity index (χ0) is 14.2. The largest absolute Gasteiger partial charge is 0.419 e. The van der Waals surface area contributed by atoms with E-state index in [1.165, 1.54) is 12.3 Å². The second kappa shape index (κ2) is 4.63. The summed E-state index contributed by atoms with van der Waals surface area (Å²) in [5, 5.41) is 0.661. The molecule has 0 aliphatic carbocycles. The lowest BCUT2D eigenvalue weighted by Gasteiger charge is -2.15. The highest BCUT2D eigenvalue weighted by Gasteiger charge is 2.36. The van der Waals surface area contributed by atoms with E-state index in [-0.39, 0.29) is 11.1 Å². The summed E-state index contributed by atoms with van der Waals surface area (Å²) in [6, 6.07) is 14.8. The summed E-state index contributed by atoms with van der Waals surface area (Å²) in [6.45, 7) is 0. The van der Waals surface area contributed by atoms with Crippen molar-refractivity contribution in [2.45, 2.75) is 6.18 Å². The molecule has 1 aromatic heterocycles. The first-order valence-electron chi connectivity index (χ1n) is 6.08. The first-order valence-corrected chi connectivity index (χ1v) is 6.08. The van der Waals surface area contributed by atoms with Gasteiger partial charge in [-0.1, -0.05) is 54.6 Å². The number of fused-ring (bicyclic) bond motifs is 1. The molecule has 0 fully saturated rings. The fraction of sp³-hybridized carbons (Fsp3) is 0.0625. The molecule has 3 rings (SSSR count). The minimum Gasteiger partial charge on any atom is -0.255 e. The van der Waals surface area contributed by atoms with Gasteiger partial charge in [0.15, 0.2) is 0 Å². The molecule has 4 heteroatoms. The van der Waals surface area contributed by atoms with Gasteiger partial charge in [-0.05, 0) is 5.39 Å². The summed E-state index contributed by atoms with van der Waals surface area (Å²) in [4.78, 5) is 4.02. The molecular weight excluding hydrogens is 263 g/mol. The van der Waals surface area contributed by atoms with Crippen LogP contribution in [0.15, 0.2) is 60.8 Å². The van der Waals surface area contributed by atoms with Crippen LogP contribution in [0.5, 0.6) is 0 Å². The number of aromatic nitrogens is 1. The summed E-state index contributed by atoms with van der Waals surface area (Å²) in [5.74, 6) is 0. The van der Waals surface area contributed by atoms with Crippen molar-refractivity contribution in [3.63, 3.8) is 0 Å². The first kappa shape index (κ1) is 12.7. The van der Waals surface area contributed by atoms with Gasteiger partial charge in [0.1, 0.15) is 0 Å². The van der Waals surface area contributed by atoms with Crippen LogP contribution in [0.1, 0.15) is 5.56 Å². The van der Waals surface area contributed by atoms with Crippen molar-refractivity contribution in [2.24, 2.45) is 0 Å². The Balaban J connectivity index is 2.38. The van der Waals surface area contributed by atoms with E-state index in [0.29, 0.717) is 10.9 Å². The van der Waals surface area contributed by atoms with Crippen LogP contribution in [0.3, 0.4) is 0 Å². The second-order valence-corrected chi connectivity index (χ2v) is 4.43. The Morgan fingerprint density at radius 3 is 2.15 bits per heavy atom. The molecule has 100 valence electrons. The van der Waals surface area contributed by atoms with E-state index in [9.17, 15) is 13.2 Å². The van der Waals surface area contributed by atoms with Crippen LogP contribution in [-0.4, -0.2) is 4.98 Å². The maximum Gasteiger partial charge on any atom is 0.419 e. The van der Waals surface area contributed by atoms with Crippen molar-refractivity contribution >= 4 is 10.8 Å². The minimum atomic E-state index is -4.45. The quantitative estimate of drug-likeness (QED) is 0.613. The molecule has 1 nitrogen and oxygen atoms in total. The van der Waals surface area contributed by atoms with Crippen molar-refractivity contribution in [3.8, 4) is 11.3 Å².